The predicted molar refractivity (Wildman–Crippen MR) is 73.0 cm³/mol. The fraction of sp³-hybridized carbons (Fsp3) is 0.143. The Balaban J connectivity index is 2.22. The second-order valence-corrected chi connectivity index (χ2v) is 4.06. The molecule has 0 spiro atoms. The number of fused-ring (bicyclic) bond motifs is 1. The Kier molecular flexibility index (Phi) is 3.57. The molecule has 1 heterocycles. The van der Waals surface area contributed by atoms with Crippen LogP contribution in [0.4, 0.5) is 0 Å². The Morgan fingerprint density at radius 2 is 2.06 bits per heavy atom. The van der Waals surface area contributed by atoms with Crippen LogP contribution in [0.25, 0.3) is 17.2 Å². The molecule has 1 N–H and O–H groups in total. The van der Waals surface area contributed by atoms with E-state index in [1.807, 2.05) is 49.5 Å². The summed E-state index contributed by atoms with van der Waals surface area (Å²) >= 11 is 0. The first-order valence-corrected chi connectivity index (χ1v) is 5.69. The van der Waals surface area contributed by atoms with Crippen LogP contribution < -0.4 is 0 Å². The van der Waals surface area contributed by atoms with Gasteiger partial charge in [-0.3, -0.25) is 0 Å². The van der Waals surface area contributed by atoms with Crippen molar-refractivity contribution in [1.29, 1.82) is 0 Å². The monoisotopic (exact) mass is 241 g/mol. The molecule has 4 heteroatoms. The van der Waals surface area contributed by atoms with Gasteiger partial charge in [0.25, 0.3) is 0 Å². The first kappa shape index (κ1) is 12.1. The molecule has 0 unspecified atom stereocenters. The normalized spacial score (nSPS) is 13.7. The highest BCUT2D eigenvalue weighted by Gasteiger charge is 1.98. The smallest absolute Gasteiger partial charge is 0.113 e. The largest absolute Gasteiger partial charge is 0.513 e. The molecule has 2 aromatic rings. The zero-order chi connectivity index (χ0) is 13.0. The number of aliphatic hydroxyl groups excluding tert-OH is 1. The number of para-hydroxylation sites is 1. The molecule has 0 saturated carbocycles. The Hall–Kier alpha value is -2.36. The van der Waals surface area contributed by atoms with Gasteiger partial charge in [-0.15, -0.1) is 5.10 Å². The molecular weight excluding hydrogens is 226 g/mol. The molecule has 92 valence electrons. The van der Waals surface area contributed by atoms with Gasteiger partial charge in [-0.1, -0.05) is 23.4 Å². The number of benzene rings is 1. The third kappa shape index (κ3) is 2.85. The van der Waals surface area contributed by atoms with Crippen LogP contribution in [0.2, 0.25) is 0 Å². The number of hydrogen-bond donors (Lipinski definition) is 1. The van der Waals surface area contributed by atoms with Crippen molar-refractivity contribution in [3.05, 3.63) is 53.8 Å². The van der Waals surface area contributed by atoms with E-state index in [-0.39, 0.29) is 0 Å². The minimum Gasteiger partial charge on any atom is -0.513 e. The van der Waals surface area contributed by atoms with E-state index in [1.165, 1.54) is 0 Å². The molecule has 0 atom stereocenters. The van der Waals surface area contributed by atoms with Crippen molar-refractivity contribution in [2.24, 2.45) is 0 Å². The quantitative estimate of drug-likeness (QED) is 0.662. The summed E-state index contributed by atoms with van der Waals surface area (Å²) in [5, 5.41) is 17.2. The van der Waals surface area contributed by atoms with Crippen molar-refractivity contribution in [3.63, 3.8) is 0 Å². The van der Waals surface area contributed by atoms with Crippen LogP contribution in [0.15, 0.2) is 53.8 Å². The molecule has 0 aliphatic carbocycles. The number of rotatable bonds is 3. The van der Waals surface area contributed by atoms with Gasteiger partial charge in [0.2, 0.25) is 0 Å². The Morgan fingerprint density at radius 1 is 1.28 bits per heavy atom. The first-order valence-electron chi connectivity index (χ1n) is 5.69. The summed E-state index contributed by atoms with van der Waals surface area (Å²) in [5.41, 5.74) is 2.80. The van der Waals surface area contributed by atoms with Crippen molar-refractivity contribution < 1.29 is 5.11 Å². The standard InChI is InChI=1S/C14H15N3O/c1-11(10-12(2)18)6-5-9-17-14-8-4-3-7-13(14)15-16-17/h3-10,18H,1-2H3/b9-5+,11-6-,12-10+. The van der Waals surface area contributed by atoms with Gasteiger partial charge in [0.05, 0.1) is 11.3 Å². The van der Waals surface area contributed by atoms with Gasteiger partial charge in [0, 0.05) is 6.20 Å². The summed E-state index contributed by atoms with van der Waals surface area (Å²) in [5.74, 6) is 0.295. The van der Waals surface area contributed by atoms with Gasteiger partial charge >= 0.3 is 0 Å². The highest BCUT2D eigenvalue weighted by atomic mass is 16.3. The van der Waals surface area contributed by atoms with Crippen LogP contribution in [0, 0.1) is 0 Å². The second-order valence-electron chi connectivity index (χ2n) is 4.06. The van der Waals surface area contributed by atoms with E-state index in [9.17, 15) is 0 Å². The van der Waals surface area contributed by atoms with Crippen molar-refractivity contribution >= 4 is 17.2 Å². The summed E-state index contributed by atoms with van der Waals surface area (Å²) < 4.78 is 1.72. The van der Waals surface area contributed by atoms with Gasteiger partial charge in [-0.2, -0.15) is 0 Å². The fourth-order valence-electron chi connectivity index (χ4n) is 1.65. The maximum Gasteiger partial charge on any atom is 0.113 e. The first-order chi connectivity index (χ1) is 8.66. The van der Waals surface area contributed by atoms with Gasteiger partial charge in [-0.25, -0.2) is 4.68 Å². The molecule has 18 heavy (non-hydrogen) atoms. The summed E-state index contributed by atoms with van der Waals surface area (Å²) in [6.45, 7) is 3.56. The molecule has 0 radical (unpaired) electrons. The third-order valence-corrected chi connectivity index (χ3v) is 2.40. The van der Waals surface area contributed by atoms with Crippen LogP contribution in [0.1, 0.15) is 13.8 Å². The molecule has 0 amide bonds. The minimum atomic E-state index is 0.295. The minimum absolute atomic E-state index is 0.295. The highest BCUT2D eigenvalue weighted by Crippen LogP contribution is 2.09. The molecule has 0 aliphatic rings. The lowest BCUT2D eigenvalue weighted by molar-refractivity contribution is 0.414. The van der Waals surface area contributed by atoms with Gasteiger partial charge in [0.15, 0.2) is 0 Å². The average Bonchev–Trinajstić information content (AvgIpc) is 2.72. The summed E-state index contributed by atoms with van der Waals surface area (Å²) in [7, 11) is 0. The number of nitrogens with zero attached hydrogens (tertiary/aromatic N) is 3. The zero-order valence-electron chi connectivity index (χ0n) is 10.4. The van der Waals surface area contributed by atoms with Crippen LogP contribution >= 0.6 is 0 Å². The van der Waals surface area contributed by atoms with Gasteiger partial charge in [-0.05, 0) is 43.7 Å². The molecule has 0 saturated heterocycles. The van der Waals surface area contributed by atoms with E-state index in [1.54, 1.807) is 17.7 Å². The topological polar surface area (TPSA) is 50.9 Å². The van der Waals surface area contributed by atoms with E-state index >= 15 is 0 Å². The number of allylic oxidation sites excluding steroid dienone is 5. The molecule has 0 fully saturated rings. The maximum absolute atomic E-state index is 9.12. The van der Waals surface area contributed by atoms with Crippen molar-refractivity contribution in [1.82, 2.24) is 15.0 Å². The lowest BCUT2D eigenvalue weighted by Gasteiger charge is -1.93. The molecular formula is C14H15N3O. The van der Waals surface area contributed by atoms with Crippen LogP contribution in [-0.2, 0) is 0 Å². The molecule has 2 rings (SSSR count). The number of hydrogen-bond acceptors (Lipinski definition) is 3. The van der Waals surface area contributed by atoms with Gasteiger partial charge in [0.1, 0.15) is 5.52 Å². The lowest BCUT2D eigenvalue weighted by atomic mass is 10.2. The van der Waals surface area contributed by atoms with Crippen LogP contribution in [-0.4, -0.2) is 20.1 Å². The lowest BCUT2D eigenvalue weighted by Crippen LogP contribution is -1.87. The summed E-state index contributed by atoms with van der Waals surface area (Å²) in [6.07, 6.45) is 7.30. The van der Waals surface area contributed by atoms with Crippen LogP contribution in [0.5, 0.6) is 0 Å². The van der Waals surface area contributed by atoms with Crippen molar-refractivity contribution in [2.45, 2.75) is 13.8 Å². The van der Waals surface area contributed by atoms with E-state index in [4.69, 9.17) is 5.11 Å². The van der Waals surface area contributed by atoms with E-state index in [0.717, 1.165) is 16.6 Å². The zero-order valence-corrected chi connectivity index (χ0v) is 10.4. The van der Waals surface area contributed by atoms with Gasteiger partial charge < -0.3 is 5.11 Å². The summed E-state index contributed by atoms with van der Waals surface area (Å²) in [6, 6.07) is 7.78. The number of aromatic nitrogens is 3. The molecule has 0 aliphatic heterocycles. The highest BCUT2D eigenvalue weighted by molar-refractivity contribution is 5.75. The maximum atomic E-state index is 9.12. The Labute approximate surface area is 106 Å². The third-order valence-electron chi connectivity index (χ3n) is 2.40. The Morgan fingerprint density at radius 3 is 2.83 bits per heavy atom. The van der Waals surface area contributed by atoms with E-state index in [2.05, 4.69) is 10.3 Å². The molecule has 1 aromatic heterocycles. The SMILES string of the molecule is CC(=C/C=C/n1nnc2ccccc21)/C=C(\C)O. The average molecular weight is 241 g/mol. The summed E-state index contributed by atoms with van der Waals surface area (Å²) in [4.78, 5) is 0. The van der Waals surface area contributed by atoms with E-state index < -0.39 is 0 Å². The molecule has 4 nitrogen and oxygen atoms in total. The van der Waals surface area contributed by atoms with E-state index in [0.29, 0.717) is 5.76 Å². The van der Waals surface area contributed by atoms with Crippen molar-refractivity contribution in [3.8, 4) is 0 Å². The second kappa shape index (κ2) is 5.31. The number of aliphatic hydroxyl groups is 1. The van der Waals surface area contributed by atoms with Crippen molar-refractivity contribution in [2.75, 3.05) is 0 Å². The van der Waals surface area contributed by atoms with Crippen LogP contribution in [0.3, 0.4) is 0 Å². The Bertz CT molecular complexity index is 631. The fourth-order valence-corrected chi connectivity index (χ4v) is 1.65. The molecule has 0 bridgehead atoms. The molecule has 1 aromatic carbocycles. The predicted octanol–water partition coefficient (Wildman–Crippen LogP) is 3.31.